The molecule has 0 spiro atoms. The molecule has 0 aromatic rings. The smallest absolute Gasteiger partial charge is 0.0260 e. The zero-order valence-electron chi connectivity index (χ0n) is 8.59. The fraction of sp³-hybridized carbons (Fsp3) is 0.545. The Labute approximate surface area is 75.9 Å². The van der Waals surface area contributed by atoms with Gasteiger partial charge in [0.1, 0.15) is 0 Å². The van der Waals surface area contributed by atoms with E-state index in [0.717, 1.165) is 6.42 Å². The van der Waals surface area contributed by atoms with Gasteiger partial charge in [0.05, 0.1) is 0 Å². The summed E-state index contributed by atoms with van der Waals surface area (Å²) in [6.45, 7) is 12.2. The van der Waals surface area contributed by atoms with Gasteiger partial charge < -0.3 is 0 Å². The lowest BCUT2D eigenvalue weighted by molar-refractivity contribution is 0.410. The Kier molecular flexibility index (Phi) is 4.57. The molecular weight excluding hydrogens is 146 g/mol. The highest BCUT2D eigenvalue weighted by Crippen LogP contribution is 2.23. The Morgan fingerprint density at radius 1 is 1.42 bits per heavy atom. The van der Waals surface area contributed by atoms with Gasteiger partial charge in [0, 0.05) is 6.20 Å². The van der Waals surface area contributed by atoms with E-state index in [1.807, 2.05) is 6.08 Å². The molecule has 1 nitrogen and oxygen atoms in total. The van der Waals surface area contributed by atoms with E-state index in [0.29, 0.717) is 5.41 Å². The van der Waals surface area contributed by atoms with Crippen molar-refractivity contribution in [2.75, 3.05) is 0 Å². The van der Waals surface area contributed by atoms with Gasteiger partial charge in [-0.2, -0.15) is 0 Å². The SMILES string of the molecule is C=N/C=C\C=C(/C)CC(C)(C)C. The summed E-state index contributed by atoms with van der Waals surface area (Å²) >= 11 is 0. The molecule has 0 aliphatic heterocycles. The molecule has 0 fully saturated rings. The molecular formula is C11H19N. The molecule has 0 aliphatic rings. The van der Waals surface area contributed by atoms with E-state index in [2.05, 4.69) is 45.5 Å². The standard InChI is InChI=1S/C11H19N/c1-10(7-6-8-12-5)9-11(2,3)4/h6-8H,5,9H2,1-4H3/b8-6-,10-7+. The summed E-state index contributed by atoms with van der Waals surface area (Å²) in [5, 5.41) is 0. The molecule has 0 atom stereocenters. The van der Waals surface area contributed by atoms with E-state index in [9.17, 15) is 0 Å². The first-order chi connectivity index (χ1) is 5.45. The molecule has 0 bridgehead atoms. The molecule has 0 aromatic heterocycles. The third kappa shape index (κ3) is 7.26. The minimum Gasteiger partial charge on any atom is -0.273 e. The van der Waals surface area contributed by atoms with Crippen molar-refractivity contribution in [1.29, 1.82) is 0 Å². The molecule has 0 heterocycles. The maximum Gasteiger partial charge on any atom is 0.0260 e. The van der Waals surface area contributed by atoms with E-state index in [1.165, 1.54) is 5.57 Å². The van der Waals surface area contributed by atoms with Crippen molar-refractivity contribution in [2.45, 2.75) is 34.1 Å². The van der Waals surface area contributed by atoms with Gasteiger partial charge in [-0.3, -0.25) is 4.99 Å². The minimum atomic E-state index is 0.371. The molecule has 0 N–H and O–H groups in total. The molecule has 0 saturated carbocycles. The number of aliphatic imine (C=N–C) groups is 1. The van der Waals surface area contributed by atoms with Crippen molar-refractivity contribution in [3.8, 4) is 0 Å². The van der Waals surface area contributed by atoms with E-state index in [-0.39, 0.29) is 0 Å². The molecule has 1 heteroatoms. The summed E-state index contributed by atoms with van der Waals surface area (Å²) in [5.41, 5.74) is 1.75. The average Bonchev–Trinajstić information content (AvgIpc) is 1.84. The van der Waals surface area contributed by atoms with Crippen LogP contribution in [0.2, 0.25) is 0 Å². The van der Waals surface area contributed by atoms with Crippen molar-refractivity contribution >= 4 is 6.72 Å². The third-order valence-electron chi connectivity index (χ3n) is 1.38. The third-order valence-corrected chi connectivity index (χ3v) is 1.38. The molecule has 0 aromatic carbocycles. The normalized spacial score (nSPS) is 13.8. The minimum absolute atomic E-state index is 0.371. The van der Waals surface area contributed by atoms with Crippen molar-refractivity contribution in [3.05, 3.63) is 23.9 Å². The number of hydrogen-bond acceptors (Lipinski definition) is 1. The number of nitrogens with zero attached hydrogens (tertiary/aromatic N) is 1. The van der Waals surface area contributed by atoms with Gasteiger partial charge in [-0.25, -0.2) is 0 Å². The first-order valence-electron chi connectivity index (χ1n) is 4.24. The van der Waals surface area contributed by atoms with Crippen LogP contribution < -0.4 is 0 Å². The zero-order chi connectivity index (χ0) is 9.61. The Morgan fingerprint density at radius 2 is 2.00 bits per heavy atom. The summed E-state index contributed by atoms with van der Waals surface area (Å²) in [6, 6.07) is 0. The predicted octanol–water partition coefficient (Wildman–Crippen LogP) is 3.58. The second kappa shape index (κ2) is 4.91. The highest BCUT2D eigenvalue weighted by molar-refractivity contribution is 5.26. The number of hydrogen-bond donors (Lipinski definition) is 0. The van der Waals surface area contributed by atoms with Crippen LogP contribution in [0.3, 0.4) is 0 Å². The maximum atomic E-state index is 3.63. The Balaban J connectivity index is 4.03. The maximum absolute atomic E-state index is 3.63. The lowest BCUT2D eigenvalue weighted by Crippen LogP contribution is -2.04. The Hall–Kier alpha value is -0.850. The summed E-state index contributed by atoms with van der Waals surface area (Å²) in [6.07, 6.45) is 6.83. The monoisotopic (exact) mass is 165 g/mol. The summed E-state index contributed by atoms with van der Waals surface area (Å²) < 4.78 is 0. The lowest BCUT2D eigenvalue weighted by atomic mass is 9.88. The zero-order valence-corrected chi connectivity index (χ0v) is 8.59. The fourth-order valence-corrected chi connectivity index (χ4v) is 1.16. The Bertz CT molecular complexity index is 192. The van der Waals surface area contributed by atoms with Crippen LogP contribution in [-0.4, -0.2) is 6.72 Å². The van der Waals surface area contributed by atoms with Crippen LogP contribution in [0.15, 0.2) is 28.9 Å². The average molecular weight is 165 g/mol. The van der Waals surface area contributed by atoms with Gasteiger partial charge in [-0.15, -0.1) is 0 Å². The summed E-state index contributed by atoms with van der Waals surface area (Å²) in [5.74, 6) is 0. The first kappa shape index (κ1) is 11.2. The van der Waals surface area contributed by atoms with Crippen LogP contribution >= 0.6 is 0 Å². The quantitative estimate of drug-likeness (QED) is 0.447. The van der Waals surface area contributed by atoms with Crippen LogP contribution in [0.4, 0.5) is 0 Å². The van der Waals surface area contributed by atoms with Crippen molar-refractivity contribution in [3.63, 3.8) is 0 Å². The molecule has 12 heavy (non-hydrogen) atoms. The fourth-order valence-electron chi connectivity index (χ4n) is 1.16. The van der Waals surface area contributed by atoms with Gasteiger partial charge in [0.25, 0.3) is 0 Å². The molecule has 0 unspecified atom stereocenters. The summed E-state index contributed by atoms with van der Waals surface area (Å²) in [7, 11) is 0. The van der Waals surface area contributed by atoms with Gasteiger partial charge in [0.2, 0.25) is 0 Å². The van der Waals surface area contributed by atoms with Crippen LogP contribution in [0.25, 0.3) is 0 Å². The van der Waals surface area contributed by atoms with Crippen LogP contribution in [0.1, 0.15) is 34.1 Å². The van der Waals surface area contributed by atoms with Crippen molar-refractivity contribution in [2.24, 2.45) is 10.4 Å². The van der Waals surface area contributed by atoms with Gasteiger partial charge in [0.15, 0.2) is 0 Å². The van der Waals surface area contributed by atoms with E-state index < -0.39 is 0 Å². The van der Waals surface area contributed by atoms with Gasteiger partial charge in [-0.05, 0) is 31.6 Å². The molecule has 0 rings (SSSR count). The van der Waals surface area contributed by atoms with Gasteiger partial charge >= 0.3 is 0 Å². The van der Waals surface area contributed by atoms with E-state index in [4.69, 9.17) is 0 Å². The topological polar surface area (TPSA) is 12.4 Å². The van der Waals surface area contributed by atoms with Crippen molar-refractivity contribution in [1.82, 2.24) is 0 Å². The lowest BCUT2D eigenvalue weighted by Gasteiger charge is -2.17. The molecule has 0 radical (unpaired) electrons. The molecule has 68 valence electrons. The van der Waals surface area contributed by atoms with Gasteiger partial charge in [-0.1, -0.05) is 32.4 Å². The van der Waals surface area contributed by atoms with Crippen LogP contribution in [0, 0.1) is 5.41 Å². The first-order valence-corrected chi connectivity index (χ1v) is 4.24. The Morgan fingerprint density at radius 3 is 2.42 bits per heavy atom. The highest BCUT2D eigenvalue weighted by atomic mass is 14.6. The van der Waals surface area contributed by atoms with Crippen LogP contribution in [-0.2, 0) is 0 Å². The molecule has 0 aliphatic carbocycles. The molecule has 0 saturated heterocycles. The van der Waals surface area contributed by atoms with E-state index in [1.54, 1.807) is 6.20 Å². The van der Waals surface area contributed by atoms with E-state index >= 15 is 0 Å². The largest absolute Gasteiger partial charge is 0.273 e. The highest BCUT2D eigenvalue weighted by Gasteiger charge is 2.09. The second-order valence-electron chi connectivity index (χ2n) is 4.27. The van der Waals surface area contributed by atoms with Crippen LogP contribution in [0.5, 0.6) is 0 Å². The number of rotatable bonds is 3. The second-order valence-corrected chi connectivity index (χ2v) is 4.27. The number of allylic oxidation sites excluding steroid dienone is 3. The molecule has 0 amide bonds. The summed E-state index contributed by atoms with van der Waals surface area (Å²) in [4.78, 5) is 3.63. The predicted molar refractivity (Wildman–Crippen MR) is 56.5 cm³/mol. The van der Waals surface area contributed by atoms with Crippen molar-refractivity contribution < 1.29 is 0 Å².